The van der Waals surface area contributed by atoms with Crippen molar-refractivity contribution in [2.24, 2.45) is 0 Å². The molecule has 1 heterocycles. The first-order valence-electron chi connectivity index (χ1n) is 6.64. The molecule has 1 amide bonds. The maximum absolute atomic E-state index is 13.1. The number of hydrogen-bond donors (Lipinski definition) is 1. The first-order valence-corrected chi connectivity index (χ1v) is 6.64. The number of amides is 1. The van der Waals surface area contributed by atoms with Gasteiger partial charge in [0, 0.05) is 24.6 Å². The molecule has 0 radical (unpaired) electrons. The van der Waals surface area contributed by atoms with Gasteiger partial charge in [0.25, 0.3) is 5.91 Å². The van der Waals surface area contributed by atoms with Gasteiger partial charge in [-0.25, -0.2) is 4.39 Å². The number of carbonyl (C=O) groups is 1. The number of benzene rings is 1. The average Bonchev–Trinajstić information content (AvgIpc) is 2.86. The van der Waals surface area contributed by atoms with Crippen molar-refractivity contribution < 1.29 is 18.3 Å². The van der Waals surface area contributed by atoms with Crippen LogP contribution in [0.3, 0.4) is 0 Å². The van der Waals surface area contributed by atoms with Crippen molar-refractivity contribution in [2.45, 2.75) is 13.0 Å². The molecule has 114 valence electrons. The summed E-state index contributed by atoms with van der Waals surface area (Å²) in [6, 6.07) is 7.27. The second-order valence-electron chi connectivity index (χ2n) is 4.83. The van der Waals surface area contributed by atoms with E-state index in [0.29, 0.717) is 23.3 Å². The average molecular weight is 302 g/mol. The zero-order valence-corrected chi connectivity index (χ0v) is 12.2. The second-order valence-corrected chi connectivity index (χ2v) is 4.83. The predicted molar refractivity (Wildman–Crippen MR) is 79.2 cm³/mol. The number of methoxy groups -OCH3 is 1. The van der Waals surface area contributed by atoms with Gasteiger partial charge in [-0.2, -0.15) is 5.26 Å². The topological polar surface area (TPSA) is 75.3 Å². The number of halogens is 1. The van der Waals surface area contributed by atoms with Gasteiger partial charge >= 0.3 is 0 Å². The number of fused-ring (bicyclic) bond motifs is 1. The van der Waals surface area contributed by atoms with Crippen LogP contribution >= 0.6 is 0 Å². The summed E-state index contributed by atoms with van der Waals surface area (Å²) in [6.07, 6.45) is 1.33. The highest BCUT2D eigenvalue weighted by atomic mass is 19.1. The number of carbonyl (C=O) groups excluding carboxylic acids is 1. The minimum Gasteiger partial charge on any atom is -0.457 e. The molecule has 22 heavy (non-hydrogen) atoms. The lowest BCUT2D eigenvalue weighted by atomic mass is 10.2. The number of rotatable bonds is 5. The Bertz CT molecular complexity index is 758. The van der Waals surface area contributed by atoms with Gasteiger partial charge in [-0.1, -0.05) is 0 Å². The summed E-state index contributed by atoms with van der Waals surface area (Å²) < 4.78 is 23.5. The summed E-state index contributed by atoms with van der Waals surface area (Å²) in [4.78, 5) is 12.0. The summed E-state index contributed by atoms with van der Waals surface area (Å²) in [7, 11) is 1.53. The number of nitrogens with one attached hydrogen (secondary N) is 1. The molecule has 1 unspecified atom stereocenters. The lowest BCUT2D eigenvalue weighted by molar-refractivity contribution is -0.117. The first-order chi connectivity index (χ1) is 10.5. The molecule has 1 atom stereocenters. The van der Waals surface area contributed by atoms with E-state index < -0.39 is 5.91 Å². The van der Waals surface area contributed by atoms with Crippen LogP contribution in [-0.2, 0) is 9.53 Å². The van der Waals surface area contributed by atoms with Gasteiger partial charge in [-0.15, -0.1) is 0 Å². The molecule has 0 saturated heterocycles. The van der Waals surface area contributed by atoms with Gasteiger partial charge in [0.05, 0.1) is 6.61 Å². The Morgan fingerprint density at radius 2 is 2.32 bits per heavy atom. The van der Waals surface area contributed by atoms with Crippen LogP contribution in [0, 0.1) is 17.1 Å². The molecule has 2 aromatic rings. The lowest BCUT2D eigenvalue weighted by Crippen LogP contribution is -2.36. The van der Waals surface area contributed by atoms with Crippen molar-refractivity contribution in [2.75, 3.05) is 13.7 Å². The number of ether oxygens (including phenoxy) is 1. The van der Waals surface area contributed by atoms with Gasteiger partial charge in [0.15, 0.2) is 0 Å². The maximum atomic E-state index is 13.1. The summed E-state index contributed by atoms with van der Waals surface area (Å²) in [6.45, 7) is 2.11. The highest BCUT2D eigenvalue weighted by Gasteiger charge is 2.13. The maximum Gasteiger partial charge on any atom is 0.262 e. The van der Waals surface area contributed by atoms with E-state index in [9.17, 15) is 9.18 Å². The Morgan fingerprint density at radius 1 is 1.55 bits per heavy atom. The van der Waals surface area contributed by atoms with Crippen LogP contribution in [0.25, 0.3) is 17.0 Å². The van der Waals surface area contributed by atoms with Gasteiger partial charge in [-0.3, -0.25) is 4.79 Å². The third-order valence-electron chi connectivity index (χ3n) is 2.94. The van der Waals surface area contributed by atoms with E-state index in [2.05, 4.69) is 5.32 Å². The zero-order chi connectivity index (χ0) is 16.1. The molecule has 0 spiro atoms. The molecular weight excluding hydrogens is 287 g/mol. The summed E-state index contributed by atoms with van der Waals surface area (Å²) in [5, 5.41) is 12.3. The second kappa shape index (κ2) is 6.87. The lowest BCUT2D eigenvalue weighted by Gasteiger charge is -2.11. The van der Waals surface area contributed by atoms with E-state index in [1.165, 1.54) is 31.4 Å². The fraction of sp³-hybridized carbons (Fsp3) is 0.250. The van der Waals surface area contributed by atoms with Gasteiger partial charge in [-0.05, 0) is 31.2 Å². The number of furan rings is 1. The van der Waals surface area contributed by atoms with Crippen LogP contribution in [0.5, 0.6) is 0 Å². The van der Waals surface area contributed by atoms with Crippen LogP contribution in [0.15, 0.2) is 34.3 Å². The van der Waals surface area contributed by atoms with Crippen molar-refractivity contribution in [1.29, 1.82) is 5.26 Å². The molecule has 1 aromatic heterocycles. The molecule has 1 aromatic carbocycles. The molecular formula is C16H15FN2O3. The van der Waals surface area contributed by atoms with Crippen molar-refractivity contribution in [3.63, 3.8) is 0 Å². The quantitative estimate of drug-likeness (QED) is 0.680. The Balaban J connectivity index is 2.23. The minimum atomic E-state index is -0.515. The molecule has 0 aliphatic carbocycles. The largest absolute Gasteiger partial charge is 0.457 e. The summed E-state index contributed by atoms with van der Waals surface area (Å²) >= 11 is 0. The smallest absolute Gasteiger partial charge is 0.262 e. The van der Waals surface area contributed by atoms with Crippen molar-refractivity contribution in [3.05, 3.63) is 41.4 Å². The molecule has 2 rings (SSSR count). The van der Waals surface area contributed by atoms with Crippen molar-refractivity contribution in [3.8, 4) is 6.07 Å². The number of nitrogens with zero attached hydrogens (tertiary/aromatic N) is 1. The standard InChI is InChI=1S/C16H15FN2O3/c1-10(9-21-2)19-16(20)12(8-18)7-14-6-11-5-13(17)3-4-15(11)22-14/h3-7,10H,9H2,1-2H3,(H,19,20)/b12-7+. The third kappa shape index (κ3) is 3.71. The molecule has 0 bridgehead atoms. The molecule has 1 N–H and O–H groups in total. The van der Waals surface area contributed by atoms with Gasteiger partial charge < -0.3 is 14.5 Å². The highest BCUT2D eigenvalue weighted by Crippen LogP contribution is 2.22. The zero-order valence-electron chi connectivity index (χ0n) is 12.2. The minimum absolute atomic E-state index is 0.0949. The SMILES string of the molecule is COCC(C)NC(=O)/C(C#N)=C/c1cc2cc(F)ccc2o1. The molecule has 6 heteroatoms. The first kappa shape index (κ1) is 15.7. The third-order valence-corrected chi connectivity index (χ3v) is 2.94. The molecule has 0 aliphatic heterocycles. The Hall–Kier alpha value is -2.65. The van der Waals surface area contributed by atoms with E-state index in [1.54, 1.807) is 13.0 Å². The normalized spacial score (nSPS) is 12.9. The fourth-order valence-electron chi connectivity index (χ4n) is 1.99. The molecule has 5 nitrogen and oxygen atoms in total. The summed E-state index contributed by atoms with van der Waals surface area (Å²) in [5.41, 5.74) is 0.389. The predicted octanol–water partition coefficient (Wildman–Crippen LogP) is 2.63. The van der Waals surface area contributed by atoms with Crippen LogP contribution < -0.4 is 5.32 Å². The number of nitriles is 1. The Morgan fingerprint density at radius 3 is 3.00 bits per heavy atom. The van der Waals surface area contributed by atoms with E-state index in [-0.39, 0.29) is 17.4 Å². The van der Waals surface area contributed by atoms with Crippen molar-refractivity contribution in [1.82, 2.24) is 5.32 Å². The van der Waals surface area contributed by atoms with Crippen molar-refractivity contribution >= 4 is 23.0 Å². The fourth-order valence-corrected chi connectivity index (χ4v) is 1.99. The summed E-state index contributed by atoms with van der Waals surface area (Å²) in [5.74, 6) is -0.583. The van der Waals surface area contributed by atoms with E-state index in [4.69, 9.17) is 14.4 Å². The highest BCUT2D eigenvalue weighted by molar-refractivity contribution is 6.01. The van der Waals surface area contributed by atoms with Crippen LogP contribution in [0.1, 0.15) is 12.7 Å². The van der Waals surface area contributed by atoms with Crippen LogP contribution in [0.4, 0.5) is 4.39 Å². The molecule has 0 saturated carbocycles. The Kier molecular flexibility index (Phi) is 4.92. The van der Waals surface area contributed by atoms with E-state index in [1.807, 2.05) is 6.07 Å². The number of hydrogen-bond acceptors (Lipinski definition) is 4. The van der Waals surface area contributed by atoms with Crippen LogP contribution in [-0.4, -0.2) is 25.7 Å². The van der Waals surface area contributed by atoms with Gasteiger partial charge in [0.1, 0.15) is 28.8 Å². The van der Waals surface area contributed by atoms with E-state index >= 15 is 0 Å². The van der Waals surface area contributed by atoms with Crippen LogP contribution in [0.2, 0.25) is 0 Å². The molecule has 0 aliphatic rings. The molecule has 0 fully saturated rings. The van der Waals surface area contributed by atoms with Gasteiger partial charge in [0.2, 0.25) is 0 Å². The Labute approximate surface area is 127 Å². The van der Waals surface area contributed by atoms with E-state index in [0.717, 1.165) is 0 Å². The monoisotopic (exact) mass is 302 g/mol.